The predicted molar refractivity (Wildman–Crippen MR) is 84.9 cm³/mol. The summed E-state index contributed by atoms with van der Waals surface area (Å²) in [4.78, 5) is 22.1. The number of nitro groups is 1. The molecule has 0 aliphatic rings. The summed E-state index contributed by atoms with van der Waals surface area (Å²) in [6.45, 7) is 1.31. The Morgan fingerprint density at radius 2 is 2.00 bits per heavy atom. The van der Waals surface area contributed by atoms with Crippen LogP contribution in [0.5, 0.6) is 11.5 Å². The molecule has 7 nitrogen and oxygen atoms in total. The number of hydrogen-bond donors (Lipinski definition) is 1. The minimum Gasteiger partial charge on any atom is -0.493 e. The Balaban J connectivity index is 2.07. The van der Waals surface area contributed by atoms with Crippen LogP contribution in [-0.2, 0) is 4.79 Å². The van der Waals surface area contributed by atoms with Gasteiger partial charge in [0.15, 0.2) is 18.1 Å². The molecule has 2 aromatic rings. The van der Waals surface area contributed by atoms with E-state index in [0.29, 0.717) is 11.3 Å². The third kappa shape index (κ3) is 4.19. The highest BCUT2D eigenvalue weighted by molar-refractivity contribution is 5.92. The fraction of sp³-hybridized carbons (Fsp3) is 0.188. The number of anilines is 1. The maximum Gasteiger partial charge on any atom is 0.273 e. The van der Waals surface area contributed by atoms with E-state index >= 15 is 0 Å². The van der Waals surface area contributed by atoms with Gasteiger partial charge in [0.2, 0.25) is 0 Å². The Bertz CT molecular complexity index is 779. The number of carbonyl (C=O) groups excluding carboxylic acids is 1. The molecule has 0 heterocycles. The Morgan fingerprint density at radius 3 is 2.67 bits per heavy atom. The Labute approximate surface area is 137 Å². The zero-order valence-electron chi connectivity index (χ0n) is 13.0. The number of carbonyl (C=O) groups is 1. The van der Waals surface area contributed by atoms with Gasteiger partial charge in [-0.3, -0.25) is 14.9 Å². The summed E-state index contributed by atoms with van der Waals surface area (Å²) in [5, 5.41) is 13.3. The van der Waals surface area contributed by atoms with Crippen molar-refractivity contribution >= 4 is 17.3 Å². The molecule has 0 unspecified atom stereocenters. The van der Waals surface area contributed by atoms with Crippen molar-refractivity contribution in [3.63, 3.8) is 0 Å². The molecule has 1 N–H and O–H groups in total. The first-order valence-electron chi connectivity index (χ1n) is 6.92. The number of amides is 1. The Hall–Kier alpha value is -3.16. The molecule has 0 aliphatic carbocycles. The molecule has 8 heteroatoms. The summed E-state index contributed by atoms with van der Waals surface area (Å²) in [6, 6.07) is 7.83. The Morgan fingerprint density at radius 1 is 1.25 bits per heavy atom. The van der Waals surface area contributed by atoms with Gasteiger partial charge < -0.3 is 14.8 Å². The van der Waals surface area contributed by atoms with Crippen LogP contribution in [0.2, 0.25) is 0 Å². The maximum atomic E-state index is 13.2. The lowest BCUT2D eigenvalue weighted by Crippen LogP contribution is -2.21. The van der Waals surface area contributed by atoms with Crippen molar-refractivity contribution in [2.45, 2.75) is 6.92 Å². The third-order valence-electron chi connectivity index (χ3n) is 3.19. The number of nitrogens with zero attached hydrogens (tertiary/aromatic N) is 1. The fourth-order valence-corrected chi connectivity index (χ4v) is 1.95. The minimum atomic E-state index is -0.581. The zero-order chi connectivity index (χ0) is 17.7. The van der Waals surface area contributed by atoms with Crippen molar-refractivity contribution in [1.82, 2.24) is 0 Å². The van der Waals surface area contributed by atoms with Crippen molar-refractivity contribution in [1.29, 1.82) is 0 Å². The van der Waals surface area contributed by atoms with Gasteiger partial charge in [-0.05, 0) is 30.7 Å². The molecule has 1 amide bonds. The lowest BCUT2D eigenvalue weighted by Gasteiger charge is -2.11. The molecule has 126 valence electrons. The second-order valence-corrected chi connectivity index (χ2v) is 4.89. The summed E-state index contributed by atoms with van der Waals surface area (Å²) in [5.74, 6) is -0.678. The molecule has 24 heavy (non-hydrogen) atoms. The van der Waals surface area contributed by atoms with Crippen LogP contribution in [0.15, 0.2) is 36.4 Å². The Kier molecular flexibility index (Phi) is 5.31. The number of hydrogen-bond acceptors (Lipinski definition) is 5. The minimum absolute atomic E-state index is 0.0674. The number of ether oxygens (including phenoxy) is 2. The highest BCUT2D eigenvalue weighted by Crippen LogP contribution is 2.31. The number of aryl methyl sites for hydroxylation is 1. The molecule has 0 spiro atoms. The van der Waals surface area contributed by atoms with Gasteiger partial charge in [0.25, 0.3) is 11.6 Å². The quantitative estimate of drug-likeness (QED) is 0.647. The van der Waals surface area contributed by atoms with Crippen LogP contribution in [0.25, 0.3) is 0 Å². The second-order valence-electron chi connectivity index (χ2n) is 4.89. The van der Waals surface area contributed by atoms with Gasteiger partial charge in [0.1, 0.15) is 5.82 Å². The van der Waals surface area contributed by atoms with E-state index in [-0.39, 0.29) is 17.2 Å². The van der Waals surface area contributed by atoms with Gasteiger partial charge in [-0.2, -0.15) is 0 Å². The van der Waals surface area contributed by atoms with Gasteiger partial charge >= 0.3 is 0 Å². The number of methoxy groups -OCH3 is 1. The average Bonchev–Trinajstić information content (AvgIpc) is 2.56. The van der Waals surface area contributed by atoms with Crippen LogP contribution in [0, 0.1) is 22.9 Å². The largest absolute Gasteiger partial charge is 0.493 e. The van der Waals surface area contributed by atoms with E-state index in [1.54, 1.807) is 6.92 Å². The van der Waals surface area contributed by atoms with Crippen molar-refractivity contribution in [3.8, 4) is 11.5 Å². The number of benzene rings is 2. The molecule has 0 atom stereocenters. The SMILES string of the molecule is COc1ccc([N+](=O)[O-])cc1OCC(=O)Nc1cc(F)ccc1C. The number of nitro benzene ring substituents is 1. The van der Waals surface area contributed by atoms with Crippen molar-refractivity contribution in [2.24, 2.45) is 0 Å². The number of non-ortho nitro benzene ring substituents is 1. The normalized spacial score (nSPS) is 10.1. The average molecular weight is 334 g/mol. The number of nitrogens with one attached hydrogen (secondary N) is 1. The fourth-order valence-electron chi connectivity index (χ4n) is 1.95. The lowest BCUT2D eigenvalue weighted by atomic mass is 10.2. The van der Waals surface area contributed by atoms with E-state index in [1.807, 2.05) is 0 Å². The summed E-state index contributed by atoms with van der Waals surface area (Å²) in [6.07, 6.45) is 0. The van der Waals surface area contributed by atoms with Crippen LogP contribution in [0.1, 0.15) is 5.56 Å². The lowest BCUT2D eigenvalue weighted by molar-refractivity contribution is -0.385. The van der Waals surface area contributed by atoms with Gasteiger partial charge in [0, 0.05) is 11.8 Å². The van der Waals surface area contributed by atoms with Crippen LogP contribution >= 0.6 is 0 Å². The van der Waals surface area contributed by atoms with Crippen molar-refractivity contribution in [3.05, 3.63) is 57.9 Å². The summed E-state index contributed by atoms with van der Waals surface area (Å²) in [7, 11) is 1.38. The van der Waals surface area contributed by atoms with E-state index < -0.39 is 23.3 Å². The van der Waals surface area contributed by atoms with Gasteiger partial charge in [-0.25, -0.2) is 4.39 Å². The van der Waals surface area contributed by atoms with E-state index in [4.69, 9.17) is 9.47 Å². The maximum absolute atomic E-state index is 13.2. The first-order valence-corrected chi connectivity index (χ1v) is 6.92. The predicted octanol–water partition coefficient (Wildman–Crippen LogP) is 3.07. The van der Waals surface area contributed by atoms with Crippen molar-refractivity contribution in [2.75, 3.05) is 19.0 Å². The molecule has 0 aromatic heterocycles. The zero-order valence-corrected chi connectivity index (χ0v) is 13.0. The first kappa shape index (κ1) is 17.2. The van der Waals surface area contributed by atoms with Crippen LogP contribution < -0.4 is 14.8 Å². The molecule has 0 aliphatic heterocycles. The molecule has 2 rings (SSSR count). The summed E-state index contributed by atoms with van der Waals surface area (Å²) < 4.78 is 23.5. The molecular weight excluding hydrogens is 319 g/mol. The third-order valence-corrected chi connectivity index (χ3v) is 3.19. The summed E-state index contributed by atoms with van der Waals surface area (Å²) in [5.41, 5.74) is 0.833. The highest BCUT2D eigenvalue weighted by Gasteiger charge is 2.14. The van der Waals surface area contributed by atoms with E-state index in [0.717, 1.165) is 0 Å². The van der Waals surface area contributed by atoms with Gasteiger partial charge in [0.05, 0.1) is 18.1 Å². The van der Waals surface area contributed by atoms with E-state index in [9.17, 15) is 19.3 Å². The van der Waals surface area contributed by atoms with Crippen molar-refractivity contribution < 1.29 is 23.6 Å². The topological polar surface area (TPSA) is 90.7 Å². The molecule has 2 aromatic carbocycles. The molecule has 0 fully saturated rings. The molecular formula is C16H15FN2O5. The molecule has 0 radical (unpaired) electrons. The smallest absolute Gasteiger partial charge is 0.273 e. The monoisotopic (exact) mass is 334 g/mol. The van der Waals surface area contributed by atoms with Crippen LogP contribution in [0.3, 0.4) is 0 Å². The van der Waals surface area contributed by atoms with Gasteiger partial charge in [-0.15, -0.1) is 0 Å². The van der Waals surface area contributed by atoms with Gasteiger partial charge in [-0.1, -0.05) is 6.07 Å². The van der Waals surface area contributed by atoms with E-state index in [1.165, 1.54) is 43.5 Å². The van der Waals surface area contributed by atoms with Crippen LogP contribution in [-0.4, -0.2) is 24.5 Å². The second kappa shape index (κ2) is 7.40. The molecule has 0 saturated heterocycles. The number of rotatable bonds is 6. The molecule has 0 bridgehead atoms. The number of halogens is 1. The van der Waals surface area contributed by atoms with Crippen LogP contribution in [0.4, 0.5) is 15.8 Å². The molecule has 0 saturated carbocycles. The van der Waals surface area contributed by atoms with E-state index in [2.05, 4.69) is 5.32 Å². The highest BCUT2D eigenvalue weighted by atomic mass is 19.1. The summed E-state index contributed by atoms with van der Waals surface area (Å²) >= 11 is 0. The standard InChI is InChI=1S/C16H15FN2O5/c1-10-3-4-11(17)7-13(10)18-16(20)9-24-15-8-12(19(21)22)5-6-14(15)23-2/h3-8H,9H2,1-2H3,(H,18,20). The first-order chi connectivity index (χ1) is 11.4.